The van der Waals surface area contributed by atoms with Crippen molar-refractivity contribution < 1.29 is 0 Å². The van der Waals surface area contributed by atoms with E-state index in [2.05, 4.69) is 43.3 Å². The molecule has 1 rings (SSSR count). The lowest BCUT2D eigenvalue weighted by molar-refractivity contribution is 1.18. The minimum Gasteiger partial charge on any atom is -0.0885 e. The Morgan fingerprint density at radius 1 is 1.09 bits per heavy atom. The Kier molecular flexibility index (Phi) is 3.46. The molecule has 0 amide bonds. The maximum Gasteiger partial charge on any atom is -0.00975 e. The highest BCUT2D eigenvalue weighted by Gasteiger charge is 1.83. The Bertz CT molecular complexity index is 209. The Morgan fingerprint density at radius 3 is 2.45 bits per heavy atom. The summed E-state index contributed by atoms with van der Waals surface area (Å²) >= 11 is 0. The molecule has 0 aliphatic heterocycles. The van der Waals surface area contributed by atoms with Crippen molar-refractivity contribution in [3.63, 3.8) is 0 Å². The van der Waals surface area contributed by atoms with Crippen LogP contribution in [0.2, 0.25) is 0 Å². The van der Waals surface area contributed by atoms with E-state index in [1.165, 1.54) is 5.56 Å². The van der Waals surface area contributed by atoms with Crippen LogP contribution in [0, 0.1) is 0 Å². The van der Waals surface area contributed by atoms with Crippen molar-refractivity contribution in [2.24, 2.45) is 0 Å². The average Bonchev–Trinajstić information content (AvgIpc) is 2.07. The van der Waals surface area contributed by atoms with Crippen LogP contribution in [-0.4, -0.2) is 0 Å². The van der Waals surface area contributed by atoms with Crippen LogP contribution in [0.3, 0.4) is 0 Å². The molecule has 11 heavy (non-hydrogen) atoms. The third-order valence-corrected chi connectivity index (χ3v) is 1.60. The first kappa shape index (κ1) is 8.06. The van der Waals surface area contributed by atoms with Gasteiger partial charge in [0.05, 0.1) is 0 Å². The van der Waals surface area contributed by atoms with Crippen LogP contribution < -0.4 is 0 Å². The molecule has 0 aromatic heterocycles. The van der Waals surface area contributed by atoms with Gasteiger partial charge in [0.1, 0.15) is 0 Å². The Balaban J connectivity index is 2.45. The summed E-state index contributed by atoms with van der Waals surface area (Å²) in [7, 11) is 0. The van der Waals surface area contributed by atoms with Crippen LogP contribution in [-0.2, 0) is 6.42 Å². The third kappa shape index (κ3) is 3.03. The lowest BCUT2D eigenvalue weighted by Crippen LogP contribution is -1.77. The van der Waals surface area contributed by atoms with E-state index in [1.807, 2.05) is 6.07 Å². The highest BCUT2D eigenvalue weighted by Crippen LogP contribution is 1.99. The summed E-state index contributed by atoms with van der Waals surface area (Å²) in [4.78, 5) is 0. The van der Waals surface area contributed by atoms with Gasteiger partial charge in [0.2, 0.25) is 0 Å². The smallest absolute Gasteiger partial charge is 0.00975 e. The molecule has 0 unspecified atom stereocenters. The van der Waals surface area contributed by atoms with Gasteiger partial charge >= 0.3 is 0 Å². The zero-order valence-corrected chi connectivity index (χ0v) is 6.96. The number of hydrogen-bond donors (Lipinski definition) is 0. The fraction of sp³-hybridized carbons (Fsp3) is 0.273. The molecule has 0 aliphatic rings. The largest absolute Gasteiger partial charge is 0.0885 e. The third-order valence-electron chi connectivity index (χ3n) is 1.60. The summed E-state index contributed by atoms with van der Waals surface area (Å²) in [6.45, 7) is 2.15. The number of hydrogen-bond acceptors (Lipinski definition) is 0. The lowest BCUT2D eigenvalue weighted by atomic mass is 10.1. The molecule has 0 saturated carbocycles. The van der Waals surface area contributed by atoms with Crippen molar-refractivity contribution in [1.82, 2.24) is 0 Å². The number of allylic oxidation sites excluding steroid dienone is 2. The van der Waals surface area contributed by atoms with E-state index in [-0.39, 0.29) is 0 Å². The molecule has 0 radical (unpaired) electrons. The van der Waals surface area contributed by atoms with E-state index in [9.17, 15) is 0 Å². The summed E-state index contributed by atoms with van der Waals surface area (Å²) in [5.74, 6) is 0. The van der Waals surface area contributed by atoms with Crippen molar-refractivity contribution >= 4 is 0 Å². The molecule has 0 bridgehead atoms. The zero-order chi connectivity index (χ0) is 7.94. The van der Waals surface area contributed by atoms with Crippen LogP contribution in [0.5, 0.6) is 0 Å². The van der Waals surface area contributed by atoms with Gasteiger partial charge in [0.25, 0.3) is 0 Å². The summed E-state index contributed by atoms with van der Waals surface area (Å²) in [6.07, 6.45) is 6.61. The first-order valence-corrected chi connectivity index (χ1v) is 4.12. The van der Waals surface area contributed by atoms with Crippen molar-refractivity contribution in [2.75, 3.05) is 0 Å². The molecule has 0 heteroatoms. The molecule has 58 valence electrons. The van der Waals surface area contributed by atoms with E-state index in [0.29, 0.717) is 0 Å². The van der Waals surface area contributed by atoms with E-state index in [1.54, 1.807) is 0 Å². The summed E-state index contributed by atoms with van der Waals surface area (Å²) in [6, 6.07) is 10.5. The molecule has 0 N–H and O–H groups in total. The number of benzene rings is 1. The minimum atomic E-state index is 1.06. The maximum atomic E-state index is 2.22. The Hall–Kier alpha value is -1.04. The van der Waals surface area contributed by atoms with Crippen molar-refractivity contribution in [3.05, 3.63) is 48.0 Å². The van der Waals surface area contributed by atoms with Crippen molar-refractivity contribution in [3.8, 4) is 0 Å². The number of rotatable bonds is 3. The SMILES string of the molecule is CCC=CCc1ccccc1. The highest BCUT2D eigenvalue weighted by molar-refractivity contribution is 5.17. The van der Waals surface area contributed by atoms with E-state index in [4.69, 9.17) is 0 Å². The molecule has 0 spiro atoms. The standard InChI is InChI=1S/C11H14/c1-2-3-5-8-11-9-6-4-7-10-11/h3-7,9-10H,2,8H2,1H3. The summed E-state index contributed by atoms with van der Waals surface area (Å²) < 4.78 is 0. The summed E-state index contributed by atoms with van der Waals surface area (Å²) in [5, 5.41) is 0. The Labute approximate surface area is 68.6 Å². The zero-order valence-electron chi connectivity index (χ0n) is 6.96. The quantitative estimate of drug-likeness (QED) is 0.574. The van der Waals surface area contributed by atoms with Crippen LogP contribution >= 0.6 is 0 Å². The van der Waals surface area contributed by atoms with Crippen LogP contribution in [0.25, 0.3) is 0 Å². The summed E-state index contributed by atoms with van der Waals surface area (Å²) in [5.41, 5.74) is 1.39. The van der Waals surface area contributed by atoms with Gasteiger partial charge in [-0.05, 0) is 18.4 Å². The van der Waals surface area contributed by atoms with Crippen molar-refractivity contribution in [2.45, 2.75) is 19.8 Å². The first-order chi connectivity index (χ1) is 5.43. The van der Waals surface area contributed by atoms with E-state index in [0.717, 1.165) is 12.8 Å². The molecule has 0 nitrogen and oxygen atoms in total. The normalized spacial score (nSPS) is 10.6. The molecule has 1 aromatic rings. The first-order valence-electron chi connectivity index (χ1n) is 4.12. The molecule has 0 aliphatic carbocycles. The highest BCUT2D eigenvalue weighted by atomic mass is 13.9. The van der Waals surface area contributed by atoms with Crippen LogP contribution in [0.1, 0.15) is 18.9 Å². The van der Waals surface area contributed by atoms with Crippen LogP contribution in [0.4, 0.5) is 0 Å². The van der Waals surface area contributed by atoms with Gasteiger partial charge in [0.15, 0.2) is 0 Å². The van der Waals surface area contributed by atoms with Gasteiger partial charge in [-0.15, -0.1) is 0 Å². The van der Waals surface area contributed by atoms with Crippen molar-refractivity contribution in [1.29, 1.82) is 0 Å². The predicted molar refractivity (Wildman–Crippen MR) is 49.6 cm³/mol. The van der Waals surface area contributed by atoms with Gasteiger partial charge in [-0.2, -0.15) is 0 Å². The molecule has 0 saturated heterocycles. The molecule has 0 heterocycles. The Morgan fingerprint density at radius 2 is 1.82 bits per heavy atom. The molecule has 0 fully saturated rings. The van der Waals surface area contributed by atoms with Gasteiger partial charge < -0.3 is 0 Å². The van der Waals surface area contributed by atoms with Gasteiger partial charge in [0, 0.05) is 0 Å². The average molecular weight is 146 g/mol. The van der Waals surface area contributed by atoms with E-state index < -0.39 is 0 Å². The van der Waals surface area contributed by atoms with Crippen LogP contribution in [0.15, 0.2) is 42.5 Å². The predicted octanol–water partition coefficient (Wildman–Crippen LogP) is 3.20. The molecule has 1 aromatic carbocycles. The monoisotopic (exact) mass is 146 g/mol. The minimum absolute atomic E-state index is 1.06. The second kappa shape index (κ2) is 4.73. The lowest BCUT2D eigenvalue weighted by Gasteiger charge is -1.92. The van der Waals surface area contributed by atoms with Gasteiger partial charge in [-0.1, -0.05) is 49.4 Å². The second-order valence-corrected chi connectivity index (χ2v) is 2.57. The maximum absolute atomic E-state index is 2.22. The van der Waals surface area contributed by atoms with E-state index >= 15 is 0 Å². The van der Waals surface area contributed by atoms with Gasteiger partial charge in [-0.25, -0.2) is 0 Å². The molecular weight excluding hydrogens is 132 g/mol. The topological polar surface area (TPSA) is 0 Å². The fourth-order valence-corrected chi connectivity index (χ4v) is 1.00. The molecular formula is C11H14. The van der Waals surface area contributed by atoms with Gasteiger partial charge in [-0.3, -0.25) is 0 Å². The second-order valence-electron chi connectivity index (χ2n) is 2.57. The molecule has 0 atom stereocenters. The fourth-order valence-electron chi connectivity index (χ4n) is 1.00.